The van der Waals surface area contributed by atoms with Gasteiger partial charge in [-0.2, -0.15) is 0 Å². The quantitative estimate of drug-likeness (QED) is 0.137. The lowest BCUT2D eigenvalue weighted by atomic mass is 9.43. The third kappa shape index (κ3) is 9.94. The smallest absolute Gasteiger partial charge is 0.137 e. The molecular weight excluding hydrogens is 1370 g/mol. The van der Waals surface area contributed by atoms with Gasteiger partial charge in [-0.05, 0) is 321 Å². The molecule has 4 heteroatoms. The molecule has 113 heavy (non-hydrogen) atoms. The van der Waals surface area contributed by atoms with Crippen LogP contribution in [0.3, 0.4) is 0 Å². The minimum Gasteiger partial charge on any atom is -0.456 e. The molecule has 8 saturated carbocycles. The number of nitrogens with zero attached hydrogens (tertiary/aromatic N) is 2. The summed E-state index contributed by atoms with van der Waals surface area (Å²) in [5.74, 6) is 6.84. The molecule has 0 amide bonds. The highest BCUT2D eigenvalue weighted by Crippen LogP contribution is 2.72. The van der Waals surface area contributed by atoms with E-state index in [1.54, 1.807) is 22.3 Å². The summed E-state index contributed by atoms with van der Waals surface area (Å²) in [6.07, 6.45) is 14.2. The second-order valence-electron chi connectivity index (χ2n) is 34.7. The summed E-state index contributed by atoms with van der Waals surface area (Å²) < 4.78 is 12.9. The highest BCUT2D eigenvalue weighted by Gasteiger charge is 2.63. The minimum absolute atomic E-state index is 0.166. The first-order valence-corrected chi connectivity index (χ1v) is 41.7. The molecule has 0 unspecified atom stereocenters. The molecule has 0 atom stereocenters. The van der Waals surface area contributed by atoms with Gasteiger partial charge in [0.2, 0.25) is 0 Å². The zero-order chi connectivity index (χ0) is 74.2. The zero-order valence-corrected chi connectivity index (χ0v) is 63.7. The molecule has 544 valence electrons. The summed E-state index contributed by atoms with van der Waals surface area (Å²) in [7, 11) is 0. The second kappa shape index (κ2) is 25.4. The number of hydrogen-bond donors (Lipinski definition) is 0. The Morgan fingerprint density at radius 3 is 1.19 bits per heavy atom. The van der Waals surface area contributed by atoms with Crippen LogP contribution in [0.4, 0.5) is 34.1 Å². The molecule has 2 heterocycles. The first-order valence-electron chi connectivity index (χ1n) is 41.7. The fourth-order valence-corrected chi connectivity index (χ4v) is 25.0. The number of para-hydroxylation sites is 2. The molecule has 8 fully saturated rings. The number of hydrogen-bond acceptors (Lipinski definition) is 4. The van der Waals surface area contributed by atoms with E-state index >= 15 is 0 Å². The molecule has 17 aromatic rings. The summed E-state index contributed by atoms with van der Waals surface area (Å²) in [5, 5.41) is 6.96. The molecular formula is C109H86N2O2. The number of aryl methyl sites for hydroxylation is 1. The molecule has 10 aliphatic rings. The molecule has 0 aliphatic heterocycles. The average molecular weight is 1460 g/mol. The maximum Gasteiger partial charge on any atom is 0.137 e. The number of furan rings is 2. The lowest BCUT2D eigenvalue weighted by molar-refractivity contribution is -0.0399. The van der Waals surface area contributed by atoms with Gasteiger partial charge in [-0.3, -0.25) is 0 Å². The van der Waals surface area contributed by atoms with Crippen molar-refractivity contribution in [1.29, 1.82) is 0 Å². The Morgan fingerprint density at radius 2 is 0.646 bits per heavy atom. The van der Waals surface area contributed by atoms with E-state index in [4.69, 9.17) is 8.83 Å². The van der Waals surface area contributed by atoms with Crippen LogP contribution in [0.2, 0.25) is 0 Å². The Kier molecular flexibility index (Phi) is 14.7. The van der Waals surface area contributed by atoms with Crippen molar-refractivity contribution in [3.05, 3.63) is 361 Å². The number of benzene rings is 15. The van der Waals surface area contributed by atoms with E-state index < -0.39 is 0 Å². The van der Waals surface area contributed by atoms with Crippen molar-refractivity contribution in [1.82, 2.24) is 0 Å². The highest BCUT2D eigenvalue weighted by atomic mass is 16.3. The van der Waals surface area contributed by atoms with Crippen molar-refractivity contribution in [3.63, 3.8) is 0 Å². The van der Waals surface area contributed by atoms with E-state index in [9.17, 15) is 0 Å². The number of anilines is 6. The van der Waals surface area contributed by atoms with Crippen molar-refractivity contribution in [2.45, 2.75) is 82.0 Å². The Labute approximate surface area is 660 Å². The van der Waals surface area contributed by atoms with Gasteiger partial charge < -0.3 is 18.6 Å². The Bertz CT molecular complexity index is 6640. The first-order chi connectivity index (χ1) is 55.8. The van der Waals surface area contributed by atoms with Crippen LogP contribution in [0.15, 0.2) is 342 Å². The van der Waals surface area contributed by atoms with Gasteiger partial charge in [0.1, 0.15) is 22.3 Å². The van der Waals surface area contributed by atoms with E-state index in [1.165, 1.54) is 147 Å². The normalized spacial score (nSPS) is 22.8. The largest absolute Gasteiger partial charge is 0.456 e. The maximum absolute atomic E-state index is 6.47. The second-order valence-corrected chi connectivity index (χ2v) is 34.7. The average Bonchev–Trinajstić information content (AvgIpc) is 1.54. The highest BCUT2D eigenvalue weighted by molar-refractivity contribution is 6.15. The van der Waals surface area contributed by atoms with E-state index in [0.29, 0.717) is 0 Å². The molecule has 0 saturated heterocycles. The Balaban J connectivity index is 0.000000132. The predicted octanol–water partition coefficient (Wildman–Crippen LogP) is 29.7. The minimum atomic E-state index is 0.166. The van der Waals surface area contributed by atoms with Crippen molar-refractivity contribution < 1.29 is 8.83 Å². The Morgan fingerprint density at radius 1 is 0.248 bits per heavy atom. The van der Waals surface area contributed by atoms with Gasteiger partial charge >= 0.3 is 0 Å². The van der Waals surface area contributed by atoms with E-state index in [1.807, 2.05) is 6.07 Å². The summed E-state index contributed by atoms with van der Waals surface area (Å²) in [5.41, 5.74) is 34.2. The lowest BCUT2D eigenvalue weighted by Crippen LogP contribution is -2.55. The van der Waals surface area contributed by atoms with Crippen molar-refractivity contribution in [3.8, 4) is 66.8 Å². The molecule has 27 rings (SSSR count). The van der Waals surface area contributed by atoms with Crippen LogP contribution in [0, 0.1) is 54.3 Å². The SMILES string of the molecule is Cc1cc(N(c2ccc3ccccc3c2)c2cccc3oc4ccccc4c23)ccc1-c1ccc2c(c1)-c1ccccc1C21C2CC3CC(C2)CC1C3.c1ccc(-c2ccc(N(c3ccc(-c4ccc5c(c4)-c4ccccc4C54C5CC6CC(C5)CC4C6)c(-c4ccccc4)c3)c3cccc4oc5ccccc5c34)cc2)cc1. The Hall–Kier alpha value is -12.2. The van der Waals surface area contributed by atoms with Crippen LogP contribution >= 0.6 is 0 Å². The van der Waals surface area contributed by atoms with Crippen molar-refractivity contribution >= 4 is 88.8 Å². The topological polar surface area (TPSA) is 32.8 Å². The van der Waals surface area contributed by atoms with Crippen LogP contribution in [-0.2, 0) is 10.8 Å². The molecule has 8 bridgehead atoms. The van der Waals surface area contributed by atoms with E-state index in [2.05, 4.69) is 344 Å². The fraction of sp³-hybridized carbons (Fsp3) is 0.193. The van der Waals surface area contributed by atoms with E-state index in [-0.39, 0.29) is 10.8 Å². The molecule has 2 aromatic heterocycles. The van der Waals surface area contributed by atoms with Gasteiger partial charge in [-0.1, -0.05) is 237 Å². The molecule has 15 aromatic carbocycles. The molecule has 4 nitrogen and oxygen atoms in total. The van der Waals surface area contributed by atoms with Crippen molar-refractivity contribution in [2.75, 3.05) is 9.80 Å². The predicted molar refractivity (Wildman–Crippen MR) is 467 cm³/mol. The number of fused-ring (bicyclic) bond motifs is 13. The van der Waals surface area contributed by atoms with Crippen LogP contribution < -0.4 is 9.80 Å². The maximum atomic E-state index is 6.47. The summed E-state index contributed by atoms with van der Waals surface area (Å²) >= 11 is 0. The molecule has 0 radical (unpaired) electrons. The number of rotatable bonds is 10. The van der Waals surface area contributed by atoms with Gasteiger partial charge in [0.25, 0.3) is 0 Å². The standard InChI is InChI=1S/C58H45NO.C51H41NO/c1-3-12-39(13-4-1)40-22-25-45(26-23-40)59(54-19-11-21-56-57(54)49-17-8-10-20-55(49)60-56)46-27-28-47(50(36-46)41-14-5-2-6-15-41)42-24-29-53-51(35-42)48-16-7-9-18-52(48)58(53)43-31-37-30-38(33-43)34-44(58)32-37;1-31-23-39(52(40-19-17-34-9-2-3-10-35(34)29-40)47-14-8-16-49-50(47)43-12-5-7-15-48(43)53-49)20-21-41(31)36-18-22-46-44(30-36)42-11-4-6-13-45(42)51(46)37-25-32-24-33(27-37)28-38(51)26-32/h1-29,35-38,43-44H,30-34H2;2-23,29-30,32-33,37-38H,24-28H2,1H3. The third-order valence-electron chi connectivity index (χ3n) is 29.0. The van der Waals surface area contributed by atoms with Gasteiger partial charge in [0.15, 0.2) is 0 Å². The van der Waals surface area contributed by atoms with Gasteiger partial charge in [0, 0.05) is 44.4 Å². The molecule has 0 N–H and O–H groups in total. The monoisotopic (exact) mass is 1450 g/mol. The van der Waals surface area contributed by atoms with Gasteiger partial charge in [-0.25, -0.2) is 0 Å². The zero-order valence-electron chi connectivity index (χ0n) is 63.7. The van der Waals surface area contributed by atoms with Crippen LogP contribution in [0.5, 0.6) is 0 Å². The summed E-state index contributed by atoms with van der Waals surface area (Å²) in [4.78, 5) is 4.84. The third-order valence-corrected chi connectivity index (χ3v) is 29.0. The van der Waals surface area contributed by atoms with Crippen LogP contribution in [0.1, 0.15) is 92.0 Å². The first kappa shape index (κ1) is 65.5. The van der Waals surface area contributed by atoms with Crippen LogP contribution in [-0.4, -0.2) is 0 Å². The van der Waals surface area contributed by atoms with Crippen LogP contribution in [0.25, 0.3) is 121 Å². The van der Waals surface area contributed by atoms with Crippen molar-refractivity contribution in [2.24, 2.45) is 47.3 Å². The fourth-order valence-electron chi connectivity index (χ4n) is 25.0. The van der Waals surface area contributed by atoms with Gasteiger partial charge in [-0.15, -0.1) is 0 Å². The van der Waals surface area contributed by atoms with E-state index in [0.717, 1.165) is 125 Å². The summed E-state index contributed by atoms with van der Waals surface area (Å²) in [6, 6.07) is 124. The molecule has 10 aliphatic carbocycles. The summed E-state index contributed by atoms with van der Waals surface area (Å²) in [6.45, 7) is 2.28. The molecule has 2 spiro atoms. The lowest BCUT2D eigenvalue weighted by Gasteiger charge is -2.61. The van der Waals surface area contributed by atoms with Gasteiger partial charge in [0.05, 0.1) is 22.1 Å².